The Bertz CT molecular complexity index is 778. The molecule has 3 rings (SSSR count). The van der Waals surface area contributed by atoms with E-state index in [4.69, 9.17) is 0 Å². The van der Waals surface area contributed by atoms with E-state index in [0.717, 1.165) is 25.1 Å². The Morgan fingerprint density at radius 1 is 1.26 bits per heavy atom. The van der Waals surface area contributed by atoms with Gasteiger partial charge in [-0.25, -0.2) is 0 Å². The molecule has 1 aliphatic rings. The summed E-state index contributed by atoms with van der Waals surface area (Å²) in [5, 5.41) is 1.28. The largest absolute Gasteiger partial charge is 0.350 e. The summed E-state index contributed by atoms with van der Waals surface area (Å²) in [6.45, 7) is 5.58. The van der Waals surface area contributed by atoms with Gasteiger partial charge in [0.2, 0.25) is 5.91 Å². The zero-order chi connectivity index (χ0) is 16.4. The van der Waals surface area contributed by atoms with Crippen LogP contribution in [0.5, 0.6) is 0 Å². The molecule has 1 aromatic carbocycles. The normalized spacial score (nSPS) is 17.3. The maximum absolute atomic E-state index is 12.6. The Balaban J connectivity index is 1.90. The molecule has 1 amide bonds. The predicted molar refractivity (Wildman–Crippen MR) is 95.4 cm³/mol. The van der Waals surface area contributed by atoms with Crippen LogP contribution in [0.1, 0.15) is 31.7 Å². The number of aromatic nitrogens is 1. The number of para-hydroxylation sites is 1. The number of benzene rings is 1. The maximum Gasteiger partial charge on any atom is 0.249 e. The third-order valence-electron chi connectivity index (χ3n) is 4.73. The lowest BCUT2D eigenvalue weighted by Gasteiger charge is -2.24. The van der Waals surface area contributed by atoms with Gasteiger partial charge in [-0.15, -0.1) is 0 Å². The van der Waals surface area contributed by atoms with Gasteiger partial charge in [-0.2, -0.15) is 0 Å². The quantitative estimate of drug-likeness (QED) is 0.837. The number of aryl methyl sites for hydroxylation is 1. The molecule has 0 fully saturated rings. The van der Waals surface area contributed by atoms with Crippen LogP contribution in [-0.4, -0.2) is 28.5 Å². The number of hydrogen-bond acceptors (Lipinski definition) is 1. The number of nitrogens with zero attached hydrogens (tertiary/aromatic N) is 2. The Kier molecular flexibility index (Phi) is 4.37. The molecule has 1 aromatic heterocycles. The van der Waals surface area contributed by atoms with Gasteiger partial charge < -0.3 is 9.47 Å². The highest BCUT2D eigenvalue weighted by atomic mass is 16.2. The average molecular weight is 308 g/mol. The molecule has 0 bridgehead atoms. The Hall–Kier alpha value is -2.29. The summed E-state index contributed by atoms with van der Waals surface area (Å²) in [5.41, 5.74) is 3.45. The second kappa shape index (κ2) is 6.45. The van der Waals surface area contributed by atoms with Gasteiger partial charge in [0, 0.05) is 48.7 Å². The summed E-state index contributed by atoms with van der Waals surface area (Å²) in [7, 11) is 2.08. The lowest BCUT2D eigenvalue weighted by Crippen LogP contribution is -2.32. The average Bonchev–Trinajstić information content (AvgIpc) is 2.93. The molecule has 0 saturated carbocycles. The van der Waals surface area contributed by atoms with Crippen LogP contribution in [0.4, 0.5) is 0 Å². The second-order valence-electron chi connectivity index (χ2n) is 6.08. The zero-order valence-electron chi connectivity index (χ0n) is 14.1. The van der Waals surface area contributed by atoms with E-state index in [0.29, 0.717) is 0 Å². The van der Waals surface area contributed by atoms with Crippen LogP contribution in [-0.2, 0) is 11.8 Å². The standard InChI is InChI=1S/C20H24N2O/c1-4-22(5-2)20(23)16-10-8-9-15(13-16)18-14-21(3)19-12-7-6-11-17(18)19/h6-12,14-15H,4-5,13H2,1-3H3. The molecule has 2 aromatic rings. The lowest BCUT2D eigenvalue weighted by atomic mass is 9.87. The van der Waals surface area contributed by atoms with E-state index < -0.39 is 0 Å². The summed E-state index contributed by atoms with van der Waals surface area (Å²) < 4.78 is 2.17. The van der Waals surface area contributed by atoms with Crippen molar-refractivity contribution >= 4 is 16.8 Å². The zero-order valence-corrected chi connectivity index (χ0v) is 14.1. The molecule has 1 aliphatic carbocycles. The summed E-state index contributed by atoms with van der Waals surface area (Å²) in [4.78, 5) is 14.5. The highest BCUT2D eigenvalue weighted by Gasteiger charge is 2.23. The molecular weight excluding hydrogens is 284 g/mol. The van der Waals surface area contributed by atoms with Gasteiger partial charge in [-0.3, -0.25) is 4.79 Å². The van der Waals surface area contributed by atoms with Crippen LogP contribution in [0, 0.1) is 0 Å². The highest BCUT2D eigenvalue weighted by molar-refractivity contribution is 5.94. The van der Waals surface area contributed by atoms with Gasteiger partial charge in [0.1, 0.15) is 0 Å². The lowest BCUT2D eigenvalue weighted by molar-refractivity contribution is -0.126. The Labute approximate surface area is 137 Å². The van der Waals surface area contributed by atoms with Crippen LogP contribution in [0.2, 0.25) is 0 Å². The van der Waals surface area contributed by atoms with Gasteiger partial charge in [-0.1, -0.05) is 36.4 Å². The SMILES string of the molecule is CCN(CC)C(=O)C1=CC=CC(c2cn(C)c3ccccc23)C1. The van der Waals surface area contributed by atoms with Gasteiger partial charge in [0.05, 0.1) is 0 Å². The van der Waals surface area contributed by atoms with Crippen molar-refractivity contribution in [2.75, 3.05) is 13.1 Å². The first-order valence-electron chi connectivity index (χ1n) is 8.36. The van der Waals surface area contributed by atoms with Gasteiger partial charge in [0.25, 0.3) is 0 Å². The van der Waals surface area contributed by atoms with Crippen molar-refractivity contribution in [3.05, 3.63) is 59.8 Å². The fraction of sp³-hybridized carbons (Fsp3) is 0.350. The van der Waals surface area contributed by atoms with E-state index in [1.165, 1.54) is 16.5 Å². The van der Waals surface area contributed by atoms with E-state index in [1.807, 2.05) is 30.9 Å². The van der Waals surface area contributed by atoms with E-state index in [-0.39, 0.29) is 11.8 Å². The summed E-state index contributed by atoms with van der Waals surface area (Å²) in [5.74, 6) is 0.435. The molecule has 3 nitrogen and oxygen atoms in total. The number of likely N-dealkylation sites (N-methyl/N-ethyl adjacent to an activating group) is 1. The number of carbonyl (C=O) groups is 1. The van der Waals surface area contributed by atoms with E-state index in [9.17, 15) is 4.79 Å². The number of hydrogen-bond donors (Lipinski definition) is 0. The molecule has 1 atom stereocenters. The maximum atomic E-state index is 12.6. The minimum Gasteiger partial charge on any atom is -0.350 e. The number of allylic oxidation sites excluding steroid dienone is 3. The number of amides is 1. The molecule has 0 saturated heterocycles. The Morgan fingerprint density at radius 2 is 2.00 bits per heavy atom. The van der Waals surface area contributed by atoms with Gasteiger partial charge in [0.15, 0.2) is 0 Å². The smallest absolute Gasteiger partial charge is 0.249 e. The van der Waals surface area contributed by atoms with E-state index in [1.54, 1.807) is 0 Å². The first-order valence-corrected chi connectivity index (χ1v) is 8.36. The summed E-state index contributed by atoms with van der Waals surface area (Å²) in [6, 6.07) is 8.46. The van der Waals surface area contributed by atoms with Gasteiger partial charge in [-0.05, 0) is 31.9 Å². The molecule has 0 N–H and O–H groups in total. The fourth-order valence-electron chi connectivity index (χ4n) is 3.43. The van der Waals surface area contributed by atoms with Crippen molar-refractivity contribution < 1.29 is 4.79 Å². The van der Waals surface area contributed by atoms with Crippen molar-refractivity contribution in [3.8, 4) is 0 Å². The molecule has 0 spiro atoms. The van der Waals surface area contributed by atoms with Crippen molar-refractivity contribution in [1.82, 2.24) is 9.47 Å². The second-order valence-corrected chi connectivity index (χ2v) is 6.08. The van der Waals surface area contributed by atoms with Crippen LogP contribution >= 0.6 is 0 Å². The molecular formula is C20H24N2O. The topological polar surface area (TPSA) is 25.2 Å². The van der Waals surface area contributed by atoms with Crippen molar-refractivity contribution in [3.63, 3.8) is 0 Å². The molecule has 120 valence electrons. The minimum absolute atomic E-state index is 0.171. The first-order chi connectivity index (χ1) is 11.2. The number of rotatable bonds is 4. The summed E-state index contributed by atoms with van der Waals surface area (Å²) >= 11 is 0. The molecule has 1 unspecified atom stereocenters. The van der Waals surface area contributed by atoms with Crippen LogP contribution in [0.25, 0.3) is 10.9 Å². The first kappa shape index (κ1) is 15.6. The molecule has 0 radical (unpaired) electrons. The van der Waals surface area contributed by atoms with Crippen LogP contribution in [0.15, 0.2) is 54.3 Å². The molecule has 23 heavy (non-hydrogen) atoms. The van der Waals surface area contributed by atoms with Crippen molar-refractivity contribution in [2.24, 2.45) is 7.05 Å². The number of carbonyl (C=O) groups excluding carboxylic acids is 1. The van der Waals surface area contributed by atoms with E-state index >= 15 is 0 Å². The van der Waals surface area contributed by atoms with Crippen molar-refractivity contribution in [2.45, 2.75) is 26.2 Å². The third-order valence-corrected chi connectivity index (χ3v) is 4.73. The Morgan fingerprint density at radius 3 is 2.74 bits per heavy atom. The van der Waals surface area contributed by atoms with Gasteiger partial charge >= 0.3 is 0 Å². The van der Waals surface area contributed by atoms with Crippen LogP contribution < -0.4 is 0 Å². The minimum atomic E-state index is 0.171. The monoisotopic (exact) mass is 308 g/mol. The fourth-order valence-corrected chi connectivity index (χ4v) is 3.43. The van der Waals surface area contributed by atoms with Crippen molar-refractivity contribution in [1.29, 1.82) is 0 Å². The molecule has 1 heterocycles. The summed E-state index contributed by atoms with van der Waals surface area (Å²) in [6.07, 6.45) is 9.19. The third kappa shape index (κ3) is 2.83. The molecule has 0 aliphatic heterocycles. The highest BCUT2D eigenvalue weighted by Crippen LogP contribution is 2.34. The van der Waals surface area contributed by atoms with E-state index in [2.05, 4.69) is 48.2 Å². The van der Waals surface area contributed by atoms with Crippen LogP contribution in [0.3, 0.4) is 0 Å². The predicted octanol–water partition coefficient (Wildman–Crippen LogP) is 4.02. The number of fused-ring (bicyclic) bond motifs is 1. The molecule has 3 heteroatoms.